The lowest BCUT2D eigenvalue weighted by Crippen LogP contribution is -2.15. The summed E-state index contributed by atoms with van der Waals surface area (Å²) < 4.78 is 10.1. The highest BCUT2D eigenvalue weighted by Crippen LogP contribution is 2.26. The van der Waals surface area contributed by atoms with Crippen LogP contribution in [0.1, 0.15) is 18.1 Å². The van der Waals surface area contributed by atoms with E-state index in [-0.39, 0.29) is 11.9 Å². The summed E-state index contributed by atoms with van der Waals surface area (Å²) in [5.74, 6) is 0.733. The molecule has 0 radical (unpaired) electrons. The number of methoxy groups -OCH3 is 1. The van der Waals surface area contributed by atoms with Crippen molar-refractivity contribution in [1.29, 1.82) is 0 Å². The minimum Gasteiger partial charge on any atom is -0.493 e. The minimum absolute atomic E-state index is 0.0922. The summed E-state index contributed by atoms with van der Waals surface area (Å²) in [6.45, 7) is 2.65. The van der Waals surface area contributed by atoms with E-state index in [1.165, 1.54) is 18.2 Å². The van der Waals surface area contributed by atoms with Gasteiger partial charge in [0.1, 0.15) is 5.75 Å². The molecular weight excluding hydrogens is 204 g/mol. The Kier molecular flexibility index (Phi) is 3.13. The highest BCUT2D eigenvalue weighted by Gasteiger charge is 2.16. The Morgan fingerprint density at radius 3 is 3.12 bits per heavy atom. The predicted octanol–water partition coefficient (Wildman–Crippen LogP) is 1.97. The van der Waals surface area contributed by atoms with Gasteiger partial charge in [0, 0.05) is 6.42 Å². The summed E-state index contributed by atoms with van der Waals surface area (Å²) in [5.41, 5.74) is 2.41. The molecule has 3 heteroatoms. The Balaban J connectivity index is 2.08. The molecule has 1 atom stereocenters. The smallest absolute Gasteiger partial charge is 0.308 e. The van der Waals surface area contributed by atoms with Crippen molar-refractivity contribution in [3.05, 3.63) is 29.3 Å². The van der Waals surface area contributed by atoms with E-state index in [9.17, 15) is 4.79 Å². The lowest BCUT2D eigenvalue weighted by molar-refractivity contribution is -0.144. The third-order valence-electron chi connectivity index (χ3n) is 2.90. The van der Waals surface area contributed by atoms with Crippen LogP contribution in [-0.2, 0) is 22.4 Å². The van der Waals surface area contributed by atoms with Crippen LogP contribution in [0.3, 0.4) is 0 Å². The van der Waals surface area contributed by atoms with Crippen LogP contribution >= 0.6 is 0 Å². The summed E-state index contributed by atoms with van der Waals surface area (Å²) in [6, 6.07) is 6.13. The maximum absolute atomic E-state index is 11.3. The average molecular weight is 220 g/mol. The van der Waals surface area contributed by atoms with Gasteiger partial charge in [0.15, 0.2) is 0 Å². The maximum atomic E-state index is 11.3. The first-order valence-corrected chi connectivity index (χ1v) is 5.53. The van der Waals surface area contributed by atoms with Crippen LogP contribution in [0.25, 0.3) is 0 Å². The highest BCUT2D eigenvalue weighted by atomic mass is 16.5. The third-order valence-corrected chi connectivity index (χ3v) is 2.90. The molecule has 0 N–H and O–H groups in total. The second-order valence-corrected chi connectivity index (χ2v) is 4.17. The molecule has 0 spiro atoms. The summed E-state index contributed by atoms with van der Waals surface area (Å²) in [6.07, 6.45) is 1.69. The van der Waals surface area contributed by atoms with Gasteiger partial charge in [0.2, 0.25) is 0 Å². The van der Waals surface area contributed by atoms with Gasteiger partial charge >= 0.3 is 5.97 Å². The van der Waals surface area contributed by atoms with Gasteiger partial charge in [-0.3, -0.25) is 4.79 Å². The Labute approximate surface area is 95.4 Å². The first-order valence-electron chi connectivity index (χ1n) is 5.53. The number of benzene rings is 1. The Bertz CT molecular complexity index is 398. The van der Waals surface area contributed by atoms with E-state index in [4.69, 9.17) is 9.47 Å². The maximum Gasteiger partial charge on any atom is 0.308 e. The molecule has 0 aliphatic carbocycles. The normalized spacial score (nSPS) is 15.1. The molecule has 1 aromatic rings. The van der Waals surface area contributed by atoms with Crippen LogP contribution < -0.4 is 4.74 Å². The molecule has 0 saturated carbocycles. The molecule has 0 aromatic heterocycles. The lowest BCUT2D eigenvalue weighted by atomic mass is 9.99. The summed E-state index contributed by atoms with van der Waals surface area (Å²) in [5, 5.41) is 0. The molecule has 1 aromatic carbocycles. The van der Waals surface area contributed by atoms with Gasteiger partial charge < -0.3 is 9.47 Å². The van der Waals surface area contributed by atoms with Crippen molar-refractivity contribution in [2.75, 3.05) is 13.7 Å². The number of hydrogen-bond acceptors (Lipinski definition) is 3. The van der Waals surface area contributed by atoms with Crippen LogP contribution in [0.4, 0.5) is 0 Å². The van der Waals surface area contributed by atoms with E-state index in [2.05, 4.69) is 6.07 Å². The quantitative estimate of drug-likeness (QED) is 0.731. The van der Waals surface area contributed by atoms with Crippen molar-refractivity contribution in [2.45, 2.75) is 19.8 Å². The van der Waals surface area contributed by atoms with E-state index in [0.717, 1.165) is 25.2 Å². The molecule has 1 aliphatic rings. The molecule has 1 aliphatic heterocycles. The van der Waals surface area contributed by atoms with Crippen molar-refractivity contribution in [2.24, 2.45) is 5.92 Å². The number of esters is 1. The average Bonchev–Trinajstić information content (AvgIpc) is 2.75. The number of hydrogen-bond donors (Lipinski definition) is 0. The SMILES string of the molecule is COC(=O)C(C)Cc1ccc2c(c1)CCO2. The van der Waals surface area contributed by atoms with Gasteiger partial charge in [-0.25, -0.2) is 0 Å². The second-order valence-electron chi connectivity index (χ2n) is 4.17. The Morgan fingerprint density at radius 1 is 1.56 bits per heavy atom. The topological polar surface area (TPSA) is 35.5 Å². The largest absolute Gasteiger partial charge is 0.493 e. The zero-order valence-corrected chi connectivity index (χ0v) is 9.66. The van der Waals surface area contributed by atoms with Gasteiger partial charge in [-0.1, -0.05) is 19.1 Å². The molecular formula is C13H16O3. The molecule has 1 unspecified atom stereocenters. The first kappa shape index (κ1) is 11.0. The lowest BCUT2D eigenvalue weighted by Gasteiger charge is -2.09. The summed E-state index contributed by atoms with van der Waals surface area (Å²) in [7, 11) is 1.43. The van der Waals surface area contributed by atoms with Gasteiger partial charge in [-0.05, 0) is 23.6 Å². The molecule has 0 fully saturated rings. The molecule has 86 valence electrons. The zero-order valence-electron chi connectivity index (χ0n) is 9.66. The van der Waals surface area contributed by atoms with Gasteiger partial charge in [-0.15, -0.1) is 0 Å². The van der Waals surface area contributed by atoms with Crippen molar-refractivity contribution < 1.29 is 14.3 Å². The monoisotopic (exact) mass is 220 g/mol. The van der Waals surface area contributed by atoms with Crippen LogP contribution in [0.5, 0.6) is 5.75 Å². The fraction of sp³-hybridized carbons (Fsp3) is 0.462. The van der Waals surface area contributed by atoms with E-state index < -0.39 is 0 Å². The van der Waals surface area contributed by atoms with Crippen LogP contribution in [0, 0.1) is 5.92 Å². The zero-order chi connectivity index (χ0) is 11.5. The van der Waals surface area contributed by atoms with E-state index >= 15 is 0 Å². The van der Waals surface area contributed by atoms with Crippen LogP contribution in [0.15, 0.2) is 18.2 Å². The number of carbonyl (C=O) groups is 1. The molecule has 0 amide bonds. The molecule has 0 bridgehead atoms. The van der Waals surface area contributed by atoms with E-state index in [1.807, 2.05) is 19.1 Å². The number of ether oxygens (including phenoxy) is 2. The van der Waals surface area contributed by atoms with Gasteiger partial charge in [0.05, 0.1) is 19.6 Å². The van der Waals surface area contributed by atoms with E-state index in [0.29, 0.717) is 0 Å². The summed E-state index contributed by atoms with van der Waals surface area (Å²) in [4.78, 5) is 11.3. The van der Waals surface area contributed by atoms with Crippen molar-refractivity contribution in [3.63, 3.8) is 0 Å². The predicted molar refractivity (Wildman–Crippen MR) is 60.5 cm³/mol. The van der Waals surface area contributed by atoms with Gasteiger partial charge in [-0.2, -0.15) is 0 Å². The van der Waals surface area contributed by atoms with E-state index in [1.54, 1.807) is 0 Å². The molecule has 0 saturated heterocycles. The van der Waals surface area contributed by atoms with Crippen LogP contribution in [-0.4, -0.2) is 19.7 Å². The van der Waals surface area contributed by atoms with Crippen molar-refractivity contribution in [1.82, 2.24) is 0 Å². The molecule has 3 nitrogen and oxygen atoms in total. The molecule has 1 heterocycles. The highest BCUT2D eigenvalue weighted by molar-refractivity contribution is 5.72. The minimum atomic E-state index is -0.156. The standard InChI is InChI=1S/C13H16O3/c1-9(13(14)15-2)7-10-3-4-12-11(8-10)5-6-16-12/h3-4,8-9H,5-7H2,1-2H3. The van der Waals surface area contributed by atoms with Crippen LogP contribution in [0.2, 0.25) is 0 Å². The first-order chi connectivity index (χ1) is 7.70. The second kappa shape index (κ2) is 4.56. The van der Waals surface area contributed by atoms with Gasteiger partial charge in [0.25, 0.3) is 0 Å². The molecule has 16 heavy (non-hydrogen) atoms. The number of fused-ring (bicyclic) bond motifs is 1. The number of rotatable bonds is 3. The fourth-order valence-electron chi connectivity index (χ4n) is 2.00. The summed E-state index contributed by atoms with van der Waals surface area (Å²) >= 11 is 0. The molecule has 2 rings (SSSR count). The Hall–Kier alpha value is -1.51. The Morgan fingerprint density at radius 2 is 2.38 bits per heavy atom. The van der Waals surface area contributed by atoms with Crippen molar-refractivity contribution >= 4 is 5.97 Å². The van der Waals surface area contributed by atoms with Crippen molar-refractivity contribution in [3.8, 4) is 5.75 Å². The third kappa shape index (κ3) is 2.18. The number of carbonyl (C=O) groups excluding carboxylic acids is 1. The fourth-order valence-corrected chi connectivity index (χ4v) is 2.00.